The molecule has 0 N–H and O–H groups in total. The molecule has 19 heavy (non-hydrogen) atoms. The molecular formula is C17H21NO. The van der Waals surface area contributed by atoms with Gasteiger partial charge in [0.25, 0.3) is 0 Å². The summed E-state index contributed by atoms with van der Waals surface area (Å²) in [5, 5.41) is 2.34. The van der Waals surface area contributed by atoms with Crippen LogP contribution >= 0.6 is 0 Å². The molecule has 0 aromatic heterocycles. The van der Waals surface area contributed by atoms with E-state index in [1.165, 1.54) is 31.2 Å². The smallest absolute Gasteiger partial charge is 0.0868 e. The lowest BCUT2D eigenvalue weighted by atomic mass is 9.70. The molecule has 1 heterocycles. The topological polar surface area (TPSA) is 12.5 Å². The van der Waals surface area contributed by atoms with Gasteiger partial charge in [-0.05, 0) is 49.0 Å². The monoisotopic (exact) mass is 255 g/mol. The van der Waals surface area contributed by atoms with E-state index in [0.717, 1.165) is 30.2 Å². The number of nitrogens with zero attached hydrogens (tertiary/aromatic N) is 1. The number of benzene rings is 1. The molecule has 100 valence electrons. The van der Waals surface area contributed by atoms with Crippen molar-refractivity contribution in [3.8, 4) is 0 Å². The second kappa shape index (κ2) is 3.83. The van der Waals surface area contributed by atoms with Crippen LogP contribution in [0.5, 0.6) is 0 Å². The summed E-state index contributed by atoms with van der Waals surface area (Å²) in [5.41, 5.74) is 1.39. The van der Waals surface area contributed by atoms with E-state index in [2.05, 4.69) is 35.4 Å². The summed E-state index contributed by atoms with van der Waals surface area (Å²) in [6.07, 6.45) is 6.36. The first-order valence-electron chi connectivity index (χ1n) is 7.86. The van der Waals surface area contributed by atoms with Crippen molar-refractivity contribution >= 4 is 0 Å². The van der Waals surface area contributed by atoms with Gasteiger partial charge in [0.1, 0.15) is 0 Å². The van der Waals surface area contributed by atoms with Gasteiger partial charge in [0.2, 0.25) is 0 Å². The van der Waals surface area contributed by atoms with Crippen molar-refractivity contribution in [2.45, 2.75) is 44.4 Å². The fourth-order valence-electron chi connectivity index (χ4n) is 5.54. The summed E-state index contributed by atoms with van der Waals surface area (Å²) < 4.78 is 0. The van der Waals surface area contributed by atoms with Crippen molar-refractivity contribution in [2.75, 3.05) is 0 Å². The second-order valence-electron chi connectivity index (χ2n) is 7.10. The fraction of sp³-hybridized carbons (Fsp3) is 0.647. The summed E-state index contributed by atoms with van der Waals surface area (Å²) in [7, 11) is 0. The molecule has 2 nitrogen and oxygen atoms in total. The number of hydrogen-bond acceptors (Lipinski definition) is 2. The van der Waals surface area contributed by atoms with E-state index in [1.54, 1.807) is 0 Å². The SMILES string of the molecule is c1ccc(CN2OC3C4CC5CC(C4)C3C2C5)cc1. The van der Waals surface area contributed by atoms with Gasteiger partial charge in [-0.3, -0.25) is 4.84 Å². The Hall–Kier alpha value is -0.860. The normalized spacial score (nSPS) is 46.9. The molecule has 3 bridgehead atoms. The van der Waals surface area contributed by atoms with Gasteiger partial charge in [-0.25, -0.2) is 0 Å². The van der Waals surface area contributed by atoms with Crippen molar-refractivity contribution in [1.82, 2.24) is 5.06 Å². The van der Waals surface area contributed by atoms with Gasteiger partial charge >= 0.3 is 0 Å². The number of fused-ring (bicyclic) bond motifs is 3. The van der Waals surface area contributed by atoms with Crippen LogP contribution in [0.3, 0.4) is 0 Å². The minimum absolute atomic E-state index is 0.561. The molecule has 0 amide bonds. The summed E-state index contributed by atoms with van der Waals surface area (Å²) in [6.45, 7) is 0.977. The molecule has 3 aliphatic carbocycles. The summed E-state index contributed by atoms with van der Waals surface area (Å²) in [6, 6.07) is 11.5. The van der Waals surface area contributed by atoms with Crippen LogP contribution in [0.25, 0.3) is 0 Å². The minimum atomic E-state index is 0.561. The molecular weight excluding hydrogens is 234 g/mol. The van der Waals surface area contributed by atoms with Crippen LogP contribution in [-0.4, -0.2) is 17.2 Å². The second-order valence-corrected chi connectivity index (χ2v) is 7.10. The molecule has 1 aliphatic heterocycles. The molecule has 0 spiro atoms. The first-order valence-corrected chi connectivity index (χ1v) is 7.86. The van der Waals surface area contributed by atoms with Gasteiger partial charge < -0.3 is 0 Å². The first-order chi connectivity index (χ1) is 9.38. The molecule has 1 aromatic rings. The molecule has 3 saturated carbocycles. The molecule has 6 atom stereocenters. The van der Waals surface area contributed by atoms with Gasteiger partial charge in [-0.15, -0.1) is 0 Å². The number of rotatable bonds is 2. The molecule has 5 rings (SSSR count). The van der Waals surface area contributed by atoms with Gasteiger partial charge in [-0.2, -0.15) is 5.06 Å². The zero-order chi connectivity index (χ0) is 12.4. The Balaban J connectivity index is 1.43. The summed E-state index contributed by atoms with van der Waals surface area (Å²) >= 11 is 0. The van der Waals surface area contributed by atoms with Crippen LogP contribution in [0.15, 0.2) is 30.3 Å². The average Bonchev–Trinajstić information content (AvgIpc) is 2.86. The Bertz CT molecular complexity index is 485. The summed E-state index contributed by atoms with van der Waals surface area (Å²) in [4.78, 5) is 6.39. The van der Waals surface area contributed by atoms with Gasteiger partial charge in [0, 0.05) is 18.5 Å². The van der Waals surface area contributed by atoms with Crippen LogP contribution < -0.4 is 0 Å². The average molecular weight is 255 g/mol. The Kier molecular flexibility index (Phi) is 2.19. The molecule has 1 aromatic carbocycles. The quantitative estimate of drug-likeness (QED) is 0.804. The highest BCUT2D eigenvalue weighted by Crippen LogP contribution is 2.60. The lowest BCUT2D eigenvalue weighted by Crippen LogP contribution is -2.41. The van der Waals surface area contributed by atoms with E-state index < -0.39 is 0 Å². The zero-order valence-electron chi connectivity index (χ0n) is 11.2. The fourth-order valence-corrected chi connectivity index (χ4v) is 5.54. The highest BCUT2D eigenvalue weighted by Gasteiger charge is 2.61. The van der Waals surface area contributed by atoms with E-state index in [9.17, 15) is 0 Å². The molecule has 0 radical (unpaired) electrons. The van der Waals surface area contributed by atoms with E-state index >= 15 is 0 Å². The van der Waals surface area contributed by atoms with Crippen LogP contribution in [-0.2, 0) is 11.4 Å². The Labute approximate surface area is 114 Å². The van der Waals surface area contributed by atoms with E-state index in [0.29, 0.717) is 12.1 Å². The lowest BCUT2D eigenvalue weighted by Gasteiger charge is -2.41. The Morgan fingerprint density at radius 1 is 1.00 bits per heavy atom. The molecule has 4 fully saturated rings. The minimum Gasteiger partial charge on any atom is -0.294 e. The Morgan fingerprint density at radius 2 is 1.84 bits per heavy atom. The van der Waals surface area contributed by atoms with Crippen LogP contribution in [0.1, 0.15) is 31.2 Å². The maximum absolute atomic E-state index is 6.39. The van der Waals surface area contributed by atoms with Crippen LogP contribution in [0, 0.1) is 23.7 Å². The summed E-state index contributed by atoms with van der Waals surface area (Å²) in [5.74, 6) is 3.71. The van der Waals surface area contributed by atoms with E-state index in [1.807, 2.05) is 0 Å². The largest absolute Gasteiger partial charge is 0.294 e. The zero-order valence-corrected chi connectivity index (χ0v) is 11.2. The molecule has 2 heteroatoms. The Morgan fingerprint density at radius 3 is 2.74 bits per heavy atom. The van der Waals surface area contributed by atoms with Gasteiger partial charge in [0.05, 0.1) is 6.10 Å². The molecule has 1 saturated heterocycles. The predicted molar refractivity (Wildman–Crippen MR) is 73.1 cm³/mol. The third-order valence-corrected chi connectivity index (χ3v) is 6.09. The third kappa shape index (κ3) is 1.50. The maximum Gasteiger partial charge on any atom is 0.0868 e. The number of hydrogen-bond donors (Lipinski definition) is 0. The predicted octanol–water partition coefficient (Wildman–Crippen LogP) is 3.24. The van der Waals surface area contributed by atoms with Crippen molar-refractivity contribution in [2.24, 2.45) is 23.7 Å². The lowest BCUT2D eigenvalue weighted by molar-refractivity contribution is -0.193. The highest BCUT2D eigenvalue weighted by molar-refractivity contribution is 5.16. The maximum atomic E-state index is 6.39. The first kappa shape index (κ1) is 10.9. The van der Waals surface area contributed by atoms with Crippen molar-refractivity contribution < 1.29 is 4.84 Å². The third-order valence-electron chi connectivity index (χ3n) is 6.09. The van der Waals surface area contributed by atoms with E-state index in [-0.39, 0.29) is 0 Å². The van der Waals surface area contributed by atoms with Crippen LogP contribution in [0.2, 0.25) is 0 Å². The van der Waals surface area contributed by atoms with E-state index in [4.69, 9.17) is 4.84 Å². The molecule has 6 unspecified atom stereocenters. The van der Waals surface area contributed by atoms with Crippen molar-refractivity contribution in [3.05, 3.63) is 35.9 Å². The van der Waals surface area contributed by atoms with Crippen LogP contribution in [0.4, 0.5) is 0 Å². The van der Waals surface area contributed by atoms with Crippen molar-refractivity contribution in [1.29, 1.82) is 0 Å². The van der Waals surface area contributed by atoms with Gasteiger partial charge in [-0.1, -0.05) is 30.3 Å². The standard InChI is InChI=1S/C17H21NO/c1-2-4-11(5-3-1)10-18-15-8-12-6-13-9-14(7-12)17(19-18)16(13)15/h1-5,12-17H,6-10H2. The number of hydroxylamine groups is 2. The van der Waals surface area contributed by atoms with Gasteiger partial charge in [0.15, 0.2) is 0 Å². The highest BCUT2D eigenvalue weighted by atomic mass is 16.7. The van der Waals surface area contributed by atoms with Crippen molar-refractivity contribution in [3.63, 3.8) is 0 Å². The molecule has 4 aliphatic rings.